The molecule has 1 aromatic carbocycles. The predicted octanol–water partition coefficient (Wildman–Crippen LogP) is 2.76. The van der Waals surface area contributed by atoms with Crippen LogP contribution in [0.3, 0.4) is 0 Å². The molecule has 1 aliphatic carbocycles. The minimum Gasteiger partial charge on any atom is -0.492 e. The lowest BCUT2D eigenvalue weighted by Crippen LogP contribution is -2.35. The van der Waals surface area contributed by atoms with Crippen molar-refractivity contribution in [1.29, 1.82) is 0 Å². The number of benzene rings is 1. The molecule has 3 heterocycles. The van der Waals surface area contributed by atoms with Crippen LogP contribution < -0.4 is 20.4 Å². The van der Waals surface area contributed by atoms with Crippen LogP contribution in [0.25, 0.3) is 10.9 Å². The minimum absolute atomic E-state index is 0.0615. The molecule has 0 unspecified atom stereocenters. The van der Waals surface area contributed by atoms with Gasteiger partial charge in [-0.15, -0.1) is 0 Å². The Kier molecular flexibility index (Phi) is 4.69. The summed E-state index contributed by atoms with van der Waals surface area (Å²) in [5, 5.41) is 13.1. The lowest BCUT2D eigenvalue weighted by atomic mass is 9.99. The first kappa shape index (κ1) is 19.4. The lowest BCUT2D eigenvalue weighted by molar-refractivity contribution is 0.0695. The number of carbonyl (C=O) groups is 1. The molecule has 8 heteroatoms. The second-order valence-electron chi connectivity index (χ2n) is 8.67. The molecule has 160 valence electrons. The van der Waals surface area contributed by atoms with Crippen molar-refractivity contribution in [3.8, 4) is 5.75 Å². The molecule has 0 amide bonds. The van der Waals surface area contributed by atoms with Crippen LogP contribution in [0.4, 0.5) is 10.1 Å². The highest BCUT2D eigenvalue weighted by molar-refractivity contribution is 5.97. The fourth-order valence-corrected chi connectivity index (χ4v) is 5.12. The second-order valence-corrected chi connectivity index (χ2v) is 8.67. The summed E-state index contributed by atoms with van der Waals surface area (Å²) in [5.74, 6) is -1.07. The predicted molar refractivity (Wildman–Crippen MR) is 111 cm³/mol. The molecule has 0 spiro atoms. The topological polar surface area (TPSA) is 83.8 Å². The Bertz CT molecular complexity index is 1060. The number of nitrogens with one attached hydrogen (secondary N) is 1. The third-order valence-electron chi connectivity index (χ3n) is 6.74. The molecule has 2 aromatic rings. The molecule has 7 nitrogen and oxygen atoms in total. The van der Waals surface area contributed by atoms with Crippen molar-refractivity contribution in [2.24, 2.45) is 5.92 Å². The molecule has 2 atom stereocenters. The maximum atomic E-state index is 15.4. The molecule has 30 heavy (non-hydrogen) atoms. The number of hydrogen-bond donors (Lipinski definition) is 2. The number of carboxylic acids is 1. The van der Waals surface area contributed by atoms with Crippen molar-refractivity contribution < 1.29 is 19.0 Å². The van der Waals surface area contributed by atoms with E-state index in [-0.39, 0.29) is 17.0 Å². The van der Waals surface area contributed by atoms with Gasteiger partial charge in [-0.25, -0.2) is 9.18 Å². The van der Waals surface area contributed by atoms with Crippen LogP contribution in [0.15, 0.2) is 17.1 Å². The zero-order chi connectivity index (χ0) is 21.0. The van der Waals surface area contributed by atoms with Crippen LogP contribution in [-0.4, -0.2) is 48.4 Å². The highest BCUT2D eigenvalue weighted by Crippen LogP contribution is 2.45. The summed E-state index contributed by atoms with van der Waals surface area (Å²) in [6.45, 7) is 2.40. The van der Waals surface area contributed by atoms with Crippen LogP contribution in [0.5, 0.6) is 5.75 Å². The van der Waals surface area contributed by atoms with E-state index in [9.17, 15) is 14.7 Å². The van der Waals surface area contributed by atoms with Crippen LogP contribution in [0.2, 0.25) is 0 Å². The standard InChI is InChI=1S/C22H26FN3O4/c1-30-21-18-14(20(27)15(22(28)29)10-26(18)13-5-6-13)8-16(23)19(21)25-9-12-4-2-3-7-24-17(12)11-25/h8,10,12-13,17,24H,2-7,9,11H2,1H3,(H,28,29)/t12-,17+/m0/s1. The SMILES string of the molecule is COc1c(N2C[C@@H]3CCCCN[C@@H]3C2)c(F)cc2c(=O)c(C(=O)O)cn(C3CC3)c12. The summed E-state index contributed by atoms with van der Waals surface area (Å²) >= 11 is 0. The number of fused-ring (bicyclic) bond motifs is 2. The van der Waals surface area contributed by atoms with Crippen molar-refractivity contribution in [2.45, 2.75) is 44.2 Å². The second kappa shape index (κ2) is 7.27. The van der Waals surface area contributed by atoms with Gasteiger partial charge in [0.2, 0.25) is 5.43 Å². The minimum atomic E-state index is -1.30. The Hall–Kier alpha value is -2.61. The van der Waals surface area contributed by atoms with Gasteiger partial charge in [-0.3, -0.25) is 4.79 Å². The molecule has 3 fully saturated rings. The normalized spacial score (nSPS) is 24.0. The number of anilines is 1. The molecule has 0 radical (unpaired) electrons. The van der Waals surface area contributed by atoms with Crippen LogP contribution in [0, 0.1) is 11.7 Å². The van der Waals surface area contributed by atoms with Gasteiger partial charge in [0.15, 0.2) is 11.6 Å². The molecule has 5 rings (SSSR count). The van der Waals surface area contributed by atoms with Crippen molar-refractivity contribution in [1.82, 2.24) is 9.88 Å². The largest absolute Gasteiger partial charge is 0.492 e. The summed E-state index contributed by atoms with van der Waals surface area (Å²) < 4.78 is 22.9. The third kappa shape index (κ3) is 3.05. The van der Waals surface area contributed by atoms with Crippen molar-refractivity contribution in [3.63, 3.8) is 0 Å². The maximum Gasteiger partial charge on any atom is 0.341 e. The molecule has 2 N–H and O–H groups in total. The fraction of sp³-hybridized carbons (Fsp3) is 0.545. The van der Waals surface area contributed by atoms with Gasteiger partial charge >= 0.3 is 5.97 Å². The fourth-order valence-electron chi connectivity index (χ4n) is 5.12. The van der Waals surface area contributed by atoms with Gasteiger partial charge in [0.05, 0.1) is 18.0 Å². The quantitative estimate of drug-likeness (QED) is 0.799. The van der Waals surface area contributed by atoms with Crippen molar-refractivity contribution in [3.05, 3.63) is 33.9 Å². The van der Waals surface area contributed by atoms with E-state index >= 15 is 4.39 Å². The Morgan fingerprint density at radius 2 is 2.07 bits per heavy atom. The Balaban J connectivity index is 1.69. The van der Waals surface area contributed by atoms with Gasteiger partial charge in [-0.1, -0.05) is 6.42 Å². The first-order valence-electron chi connectivity index (χ1n) is 10.7. The van der Waals surface area contributed by atoms with E-state index in [2.05, 4.69) is 5.32 Å². The van der Waals surface area contributed by atoms with E-state index in [1.54, 1.807) is 4.57 Å². The molecular formula is C22H26FN3O4. The zero-order valence-electron chi connectivity index (χ0n) is 17.0. The Morgan fingerprint density at radius 3 is 2.77 bits per heavy atom. The van der Waals surface area contributed by atoms with E-state index in [0.717, 1.165) is 32.4 Å². The monoisotopic (exact) mass is 415 g/mol. The third-order valence-corrected chi connectivity index (χ3v) is 6.74. The van der Waals surface area contributed by atoms with Gasteiger partial charge in [-0.05, 0) is 44.2 Å². The van der Waals surface area contributed by atoms with E-state index in [0.29, 0.717) is 35.5 Å². The van der Waals surface area contributed by atoms with Crippen LogP contribution in [-0.2, 0) is 0 Å². The summed E-state index contributed by atoms with van der Waals surface area (Å²) in [7, 11) is 1.48. The number of methoxy groups -OCH3 is 1. The van der Waals surface area contributed by atoms with Crippen molar-refractivity contribution in [2.75, 3.05) is 31.6 Å². The summed E-state index contributed by atoms with van der Waals surface area (Å²) in [6.07, 6.45) is 6.62. The first-order chi connectivity index (χ1) is 14.5. The highest BCUT2D eigenvalue weighted by Gasteiger charge is 2.37. The van der Waals surface area contributed by atoms with Gasteiger partial charge in [0, 0.05) is 31.4 Å². The average molecular weight is 415 g/mol. The Morgan fingerprint density at radius 1 is 1.27 bits per heavy atom. The maximum absolute atomic E-state index is 15.4. The number of aromatic nitrogens is 1. The number of nitrogens with zero attached hydrogens (tertiary/aromatic N) is 2. The van der Waals surface area contributed by atoms with Gasteiger partial charge < -0.3 is 24.6 Å². The van der Waals surface area contributed by atoms with E-state index in [1.165, 1.54) is 32.2 Å². The average Bonchev–Trinajstić information content (AvgIpc) is 3.52. The van der Waals surface area contributed by atoms with Crippen LogP contribution >= 0.6 is 0 Å². The van der Waals surface area contributed by atoms with E-state index < -0.39 is 17.2 Å². The first-order valence-corrected chi connectivity index (χ1v) is 10.7. The van der Waals surface area contributed by atoms with Crippen molar-refractivity contribution >= 4 is 22.6 Å². The molecular weight excluding hydrogens is 389 g/mol. The van der Waals surface area contributed by atoms with E-state index in [1.807, 2.05) is 4.90 Å². The number of carboxylic acid groups (broad SMARTS) is 1. The van der Waals surface area contributed by atoms with Gasteiger partial charge in [0.1, 0.15) is 11.3 Å². The molecule has 3 aliphatic rings. The summed E-state index contributed by atoms with van der Waals surface area (Å²) in [5.41, 5.74) is -0.147. The molecule has 1 aromatic heterocycles. The lowest BCUT2D eigenvalue weighted by Gasteiger charge is -2.25. The molecule has 1 saturated carbocycles. The summed E-state index contributed by atoms with van der Waals surface area (Å²) in [6, 6.07) is 1.61. The van der Waals surface area contributed by atoms with Gasteiger partial charge in [0.25, 0.3) is 0 Å². The summed E-state index contributed by atoms with van der Waals surface area (Å²) in [4.78, 5) is 26.4. The number of halogens is 1. The van der Waals surface area contributed by atoms with E-state index in [4.69, 9.17) is 4.74 Å². The Labute approximate surface area is 173 Å². The number of hydrogen-bond acceptors (Lipinski definition) is 5. The van der Waals surface area contributed by atoms with Crippen LogP contribution in [0.1, 0.15) is 48.5 Å². The number of pyridine rings is 1. The number of ether oxygens (including phenoxy) is 1. The smallest absolute Gasteiger partial charge is 0.341 e. The zero-order valence-corrected chi connectivity index (χ0v) is 17.0. The molecule has 2 aliphatic heterocycles. The van der Waals surface area contributed by atoms with Gasteiger partial charge in [-0.2, -0.15) is 0 Å². The number of aromatic carboxylic acids is 1. The molecule has 2 saturated heterocycles. The highest BCUT2D eigenvalue weighted by atomic mass is 19.1. The number of rotatable bonds is 4. The molecule has 0 bridgehead atoms.